The molecule has 82 valence electrons. The van der Waals surface area contributed by atoms with Gasteiger partial charge in [-0.1, -0.05) is 6.92 Å². The topological polar surface area (TPSA) is 59.2 Å². The summed E-state index contributed by atoms with van der Waals surface area (Å²) >= 11 is 1.55. The van der Waals surface area contributed by atoms with Crippen LogP contribution in [-0.4, -0.2) is 28.4 Å². The van der Waals surface area contributed by atoms with Crippen LogP contribution >= 0.6 is 11.3 Å². The smallest absolute Gasteiger partial charge is 0.224 e. The predicted molar refractivity (Wildman–Crippen MR) is 59.5 cm³/mol. The molecule has 0 aromatic carbocycles. The first-order valence-electron chi connectivity index (χ1n) is 5.17. The van der Waals surface area contributed by atoms with Gasteiger partial charge >= 0.3 is 0 Å². The minimum atomic E-state index is -0.105. The monoisotopic (exact) mass is 225 g/mol. The van der Waals surface area contributed by atoms with E-state index in [2.05, 4.69) is 11.9 Å². The van der Waals surface area contributed by atoms with Gasteiger partial charge in [0.25, 0.3) is 0 Å². The lowest BCUT2D eigenvalue weighted by Crippen LogP contribution is -2.33. The zero-order chi connectivity index (χ0) is 10.8. The summed E-state index contributed by atoms with van der Waals surface area (Å²) in [6.07, 6.45) is 1.40. The largest absolute Gasteiger partial charge is 0.332 e. The third-order valence-electron chi connectivity index (χ3n) is 2.69. The summed E-state index contributed by atoms with van der Waals surface area (Å²) in [6, 6.07) is -0.116. The molecule has 5 heteroatoms. The van der Waals surface area contributed by atoms with Crippen LogP contribution in [0.1, 0.15) is 31.5 Å². The zero-order valence-electron chi connectivity index (χ0n) is 8.72. The normalized spacial score (nSPS) is 26.3. The van der Waals surface area contributed by atoms with Crippen LogP contribution < -0.4 is 5.73 Å². The number of rotatable bonds is 3. The third-order valence-corrected chi connectivity index (χ3v) is 3.30. The van der Waals surface area contributed by atoms with Gasteiger partial charge in [-0.05, 0) is 6.42 Å². The van der Waals surface area contributed by atoms with Crippen molar-refractivity contribution in [3.63, 3.8) is 0 Å². The number of hydrogen-bond donors (Lipinski definition) is 1. The second-order valence-electron chi connectivity index (χ2n) is 3.81. The molecule has 2 unspecified atom stereocenters. The van der Waals surface area contributed by atoms with E-state index in [1.165, 1.54) is 0 Å². The maximum Gasteiger partial charge on any atom is 0.224 e. The van der Waals surface area contributed by atoms with Crippen LogP contribution in [0.5, 0.6) is 0 Å². The average molecular weight is 225 g/mol. The lowest BCUT2D eigenvalue weighted by molar-refractivity contribution is -0.129. The summed E-state index contributed by atoms with van der Waals surface area (Å²) in [6.45, 7) is 2.84. The number of nitrogens with zero attached hydrogens (tertiary/aromatic N) is 2. The molecule has 0 bridgehead atoms. The first kappa shape index (κ1) is 10.6. The van der Waals surface area contributed by atoms with Crippen molar-refractivity contribution in [1.82, 2.24) is 9.88 Å². The van der Waals surface area contributed by atoms with Gasteiger partial charge in [-0.2, -0.15) is 0 Å². The van der Waals surface area contributed by atoms with Crippen molar-refractivity contribution in [3.05, 3.63) is 16.6 Å². The molecule has 15 heavy (non-hydrogen) atoms. The Labute approximate surface area is 93.1 Å². The van der Waals surface area contributed by atoms with Crippen LogP contribution in [0.15, 0.2) is 10.9 Å². The molecule has 1 aromatic rings. The Morgan fingerprint density at radius 2 is 2.53 bits per heavy atom. The lowest BCUT2D eigenvalue weighted by atomic mass is 10.1. The Morgan fingerprint density at radius 3 is 3.13 bits per heavy atom. The van der Waals surface area contributed by atoms with Crippen molar-refractivity contribution in [3.8, 4) is 0 Å². The van der Waals surface area contributed by atoms with Gasteiger partial charge in [0.15, 0.2) is 0 Å². The highest BCUT2D eigenvalue weighted by Crippen LogP contribution is 2.31. The van der Waals surface area contributed by atoms with E-state index in [0.717, 1.165) is 18.7 Å². The standard InChI is InChI=1S/C10H15N3OS/c1-2-3-13-9(14)4-7(11)10(13)8-5-15-6-12-8/h5-7,10H,2-4,11H2,1H3. The molecule has 2 rings (SSSR count). The molecule has 2 atom stereocenters. The van der Waals surface area contributed by atoms with E-state index in [1.807, 2.05) is 10.3 Å². The van der Waals surface area contributed by atoms with Crippen LogP contribution in [0, 0.1) is 0 Å². The van der Waals surface area contributed by atoms with Crippen LogP contribution in [0.2, 0.25) is 0 Å². The maximum atomic E-state index is 11.7. The molecule has 1 fully saturated rings. The fourth-order valence-electron chi connectivity index (χ4n) is 2.07. The minimum Gasteiger partial charge on any atom is -0.332 e. The molecule has 0 aliphatic carbocycles. The molecule has 1 aliphatic heterocycles. The number of likely N-dealkylation sites (tertiary alicyclic amines) is 1. The molecule has 0 radical (unpaired) electrons. The summed E-state index contributed by atoms with van der Waals surface area (Å²) < 4.78 is 0. The molecular weight excluding hydrogens is 210 g/mol. The van der Waals surface area contributed by atoms with Gasteiger partial charge in [-0.15, -0.1) is 11.3 Å². The van der Waals surface area contributed by atoms with Crippen molar-refractivity contribution >= 4 is 17.2 Å². The molecule has 1 aromatic heterocycles. The molecule has 4 nitrogen and oxygen atoms in total. The van der Waals surface area contributed by atoms with E-state index in [9.17, 15) is 4.79 Å². The van der Waals surface area contributed by atoms with E-state index < -0.39 is 0 Å². The number of hydrogen-bond acceptors (Lipinski definition) is 4. The number of amides is 1. The molecular formula is C10H15N3OS. The molecule has 2 N–H and O–H groups in total. The van der Waals surface area contributed by atoms with Gasteiger partial charge in [0.1, 0.15) is 0 Å². The summed E-state index contributed by atoms with van der Waals surface area (Å²) in [5.74, 6) is 0.155. The maximum absolute atomic E-state index is 11.7. The molecule has 1 aliphatic rings. The van der Waals surface area contributed by atoms with Gasteiger partial charge < -0.3 is 10.6 Å². The van der Waals surface area contributed by atoms with Crippen molar-refractivity contribution in [2.24, 2.45) is 5.73 Å². The first-order chi connectivity index (χ1) is 7.24. The fourth-order valence-corrected chi connectivity index (χ4v) is 2.65. The Morgan fingerprint density at radius 1 is 1.73 bits per heavy atom. The molecule has 1 amide bonds. The molecule has 2 heterocycles. The van der Waals surface area contributed by atoms with Gasteiger partial charge in [0.05, 0.1) is 17.2 Å². The third kappa shape index (κ3) is 1.89. The van der Waals surface area contributed by atoms with Gasteiger partial charge in [-0.3, -0.25) is 4.79 Å². The van der Waals surface area contributed by atoms with E-state index >= 15 is 0 Å². The summed E-state index contributed by atoms with van der Waals surface area (Å²) in [5.41, 5.74) is 8.71. The predicted octanol–water partition coefficient (Wildman–Crippen LogP) is 1.15. The van der Waals surface area contributed by atoms with E-state index in [1.54, 1.807) is 16.8 Å². The van der Waals surface area contributed by atoms with E-state index in [-0.39, 0.29) is 18.0 Å². The molecule has 0 spiro atoms. The van der Waals surface area contributed by atoms with Crippen LogP contribution in [0.4, 0.5) is 0 Å². The minimum absolute atomic E-state index is 0.0105. The Bertz CT molecular complexity index is 338. The number of aromatic nitrogens is 1. The van der Waals surface area contributed by atoms with E-state index in [4.69, 9.17) is 5.73 Å². The number of carbonyl (C=O) groups excluding carboxylic acids is 1. The molecule has 0 saturated carbocycles. The van der Waals surface area contributed by atoms with Crippen molar-refractivity contribution < 1.29 is 4.79 Å². The zero-order valence-corrected chi connectivity index (χ0v) is 9.54. The van der Waals surface area contributed by atoms with Crippen molar-refractivity contribution in [2.75, 3.05) is 6.54 Å². The van der Waals surface area contributed by atoms with Crippen LogP contribution in [0.25, 0.3) is 0 Å². The highest BCUT2D eigenvalue weighted by molar-refractivity contribution is 7.07. The van der Waals surface area contributed by atoms with Crippen LogP contribution in [-0.2, 0) is 4.79 Å². The average Bonchev–Trinajstić information content (AvgIpc) is 2.77. The quantitative estimate of drug-likeness (QED) is 0.839. The fraction of sp³-hybridized carbons (Fsp3) is 0.600. The highest BCUT2D eigenvalue weighted by atomic mass is 32.1. The van der Waals surface area contributed by atoms with E-state index in [0.29, 0.717) is 6.42 Å². The number of thiazole rings is 1. The first-order valence-corrected chi connectivity index (χ1v) is 6.11. The van der Waals surface area contributed by atoms with Crippen molar-refractivity contribution in [2.45, 2.75) is 31.8 Å². The van der Waals surface area contributed by atoms with Gasteiger partial charge in [0, 0.05) is 24.4 Å². The Hall–Kier alpha value is -0.940. The summed E-state index contributed by atoms with van der Waals surface area (Å²) in [5, 5.41) is 1.98. The lowest BCUT2D eigenvalue weighted by Gasteiger charge is -2.24. The Balaban J connectivity index is 2.23. The molecule has 1 saturated heterocycles. The van der Waals surface area contributed by atoms with Gasteiger partial charge in [0.2, 0.25) is 5.91 Å². The second kappa shape index (κ2) is 4.28. The SMILES string of the molecule is CCCN1C(=O)CC(N)C1c1cscn1. The Kier molecular flexibility index (Phi) is 3.02. The summed E-state index contributed by atoms with van der Waals surface area (Å²) in [7, 11) is 0. The number of carbonyl (C=O) groups is 1. The highest BCUT2D eigenvalue weighted by Gasteiger charge is 2.38. The van der Waals surface area contributed by atoms with Gasteiger partial charge in [-0.25, -0.2) is 4.98 Å². The van der Waals surface area contributed by atoms with Crippen molar-refractivity contribution in [1.29, 1.82) is 0 Å². The summed E-state index contributed by atoms with van der Waals surface area (Å²) in [4.78, 5) is 17.8. The number of nitrogens with two attached hydrogens (primary N) is 1. The second-order valence-corrected chi connectivity index (χ2v) is 4.53. The van der Waals surface area contributed by atoms with Crippen LogP contribution in [0.3, 0.4) is 0 Å².